The molecule has 0 radical (unpaired) electrons. The molecular weight excluding hydrogens is 356 g/mol. The van der Waals surface area contributed by atoms with Crippen molar-refractivity contribution in [1.82, 2.24) is 0 Å². The fourth-order valence-corrected chi connectivity index (χ4v) is 2.97. The molecule has 0 spiro atoms. The van der Waals surface area contributed by atoms with Crippen molar-refractivity contribution < 1.29 is 0 Å². The molecule has 0 aliphatic heterocycles. The zero-order chi connectivity index (χ0) is 16.2. The highest BCUT2D eigenvalue weighted by Gasteiger charge is 2.29. The van der Waals surface area contributed by atoms with Crippen molar-refractivity contribution in [2.45, 2.75) is 20.8 Å². The van der Waals surface area contributed by atoms with E-state index >= 15 is 0 Å². The van der Waals surface area contributed by atoms with E-state index in [1.54, 1.807) is 0 Å². The Morgan fingerprint density at radius 3 is 1.95 bits per heavy atom. The lowest BCUT2D eigenvalue weighted by Crippen LogP contribution is -2.36. The molecule has 0 aliphatic carbocycles. The minimum absolute atomic E-state index is 0.0490. The number of allylic oxidation sites excluding steroid dienone is 1. The van der Waals surface area contributed by atoms with Crippen molar-refractivity contribution in [2.75, 3.05) is 4.81 Å². The van der Waals surface area contributed by atoms with E-state index in [0.29, 0.717) is 0 Å². The van der Waals surface area contributed by atoms with Crippen molar-refractivity contribution >= 4 is 44.1 Å². The van der Waals surface area contributed by atoms with Crippen LogP contribution in [0.5, 0.6) is 0 Å². The van der Waals surface area contributed by atoms with Gasteiger partial charge in [-0.1, -0.05) is 69.3 Å². The molecular formula is C18H20BBrClN. The Hall–Kier alpha value is -1.19. The SMILES string of the molecule is CC(C)(C)/C(=C/c1ccccc1)N(B(Cl)Br)c1ccccc1. The number of rotatable bonds is 4. The van der Waals surface area contributed by atoms with Gasteiger partial charge in [-0.3, -0.25) is 0 Å². The van der Waals surface area contributed by atoms with Gasteiger partial charge in [0.15, 0.2) is 0 Å². The van der Waals surface area contributed by atoms with Gasteiger partial charge in [0.25, 0.3) is 0 Å². The maximum Gasteiger partial charge on any atom is 0.443 e. The molecule has 22 heavy (non-hydrogen) atoms. The molecule has 0 aliphatic rings. The molecule has 0 unspecified atom stereocenters. The Bertz CT molecular complexity index is 621. The van der Waals surface area contributed by atoms with Crippen molar-refractivity contribution in [3.63, 3.8) is 0 Å². The summed E-state index contributed by atoms with van der Waals surface area (Å²) < 4.78 is 0. The third-order valence-electron chi connectivity index (χ3n) is 3.36. The Morgan fingerprint density at radius 2 is 1.50 bits per heavy atom. The summed E-state index contributed by atoms with van der Waals surface area (Å²) >= 11 is 9.98. The zero-order valence-electron chi connectivity index (χ0n) is 13.1. The van der Waals surface area contributed by atoms with Crippen LogP contribution >= 0.6 is 27.2 Å². The van der Waals surface area contributed by atoms with Gasteiger partial charge in [0, 0.05) is 16.8 Å². The summed E-state index contributed by atoms with van der Waals surface area (Å²) in [5, 5.41) is -0.316. The number of halogens is 2. The molecule has 0 bridgehead atoms. The monoisotopic (exact) mass is 375 g/mol. The molecule has 0 heterocycles. The van der Waals surface area contributed by atoms with Gasteiger partial charge in [0.1, 0.15) is 0 Å². The molecule has 114 valence electrons. The third-order valence-corrected chi connectivity index (χ3v) is 3.97. The molecule has 0 saturated carbocycles. The van der Waals surface area contributed by atoms with Gasteiger partial charge < -0.3 is 4.81 Å². The summed E-state index contributed by atoms with van der Waals surface area (Å²) in [6.07, 6.45) is 2.20. The number of hydrogen-bond acceptors (Lipinski definition) is 1. The summed E-state index contributed by atoms with van der Waals surface area (Å²) in [6, 6.07) is 20.5. The first-order chi connectivity index (χ1) is 10.4. The average Bonchev–Trinajstić information content (AvgIpc) is 2.47. The molecule has 2 aromatic rings. The lowest BCUT2D eigenvalue weighted by atomic mass is 9.87. The first-order valence-electron chi connectivity index (χ1n) is 7.29. The van der Waals surface area contributed by atoms with E-state index in [-0.39, 0.29) is 10.5 Å². The van der Waals surface area contributed by atoms with E-state index in [4.69, 9.17) is 11.5 Å². The van der Waals surface area contributed by atoms with E-state index < -0.39 is 0 Å². The molecule has 1 nitrogen and oxygen atoms in total. The lowest BCUT2D eigenvalue weighted by molar-refractivity contribution is 0.502. The maximum atomic E-state index is 6.45. The van der Waals surface area contributed by atoms with Crippen LogP contribution in [0.3, 0.4) is 0 Å². The highest BCUT2D eigenvalue weighted by Crippen LogP contribution is 2.36. The molecule has 0 fully saturated rings. The maximum absolute atomic E-state index is 6.45. The van der Waals surface area contributed by atoms with Crippen LogP contribution in [0.1, 0.15) is 26.3 Å². The minimum atomic E-state index is -0.316. The lowest BCUT2D eigenvalue weighted by Gasteiger charge is -2.36. The smallest absolute Gasteiger partial charge is 0.365 e. The molecule has 2 rings (SSSR count). The van der Waals surface area contributed by atoms with Crippen LogP contribution in [0, 0.1) is 5.41 Å². The van der Waals surface area contributed by atoms with Crippen LogP contribution in [0.25, 0.3) is 6.08 Å². The third kappa shape index (κ3) is 4.41. The number of hydrogen-bond donors (Lipinski definition) is 0. The summed E-state index contributed by atoms with van der Waals surface area (Å²) in [5.41, 5.74) is 3.34. The summed E-state index contributed by atoms with van der Waals surface area (Å²) in [4.78, 5) is 2.12. The number of benzene rings is 2. The van der Waals surface area contributed by atoms with Crippen LogP contribution in [0.15, 0.2) is 66.4 Å². The summed E-state index contributed by atoms with van der Waals surface area (Å²) in [5.74, 6) is 0. The summed E-state index contributed by atoms with van der Waals surface area (Å²) in [6.45, 7) is 6.60. The van der Waals surface area contributed by atoms with Crippen molar-refractivity contribution in [1.29, 1.82) is 0 Å². The number of para-hydroxylation sites is 1. The van der Waals surface area contributed by atoms with E-state index in [2.05, 4.69) is 71.7 Å². The predicted octanol–water partition coefficient (Wildman–Crippen LogP) is 6.20. The molecule has 0 atom stereocenters. The Morgan fingerprint density at radius 1 is 1.00 bits per heavy atom. The van der Waals surface area contributed by atoms with E-state index in [0.717, 1.165) is 16.9 Å². The Kier molecular flexibility index (Phi) is 5.77. The zero-order valence-corrected chi connectivity index (χ0v) is 15.5. The molecule has 4 heteroatoms. The quantitative estimate of drug-likeness (QED) is 0.574. The normalized spacial score (nSPS) is 12.1. The standard InChI is InChI=1S/C18H20BBrClN/c1-18(2,3)17(14-15-10-6-4-7-11-15)22(19(20)21)16-12-8-5-9-13-16/h4-14H,1-3H3/b17-14-. The second-order valence-corrected chi connectivity index (χ2v) is 7.98. The van der Waals surface area contributed by atoms with Crippen LogP contribution in [0.4, 0.5) is 5.69 Å². The second kappa shape index (κ2) is 7.39. The van der Waals surface area contributed by atoms with Crippen LogP contribution < -0.4 is 4.81 Å². The van der Waals surface area contributed by atoms with Crippen molar-refractivity contribution in [3.05, 3.63) is 71.9 Å². The van der Waals surface area contributed by atoms with Crippen molar-refractivity contribution in [2.24, 2.45) is 5.41 Å². The molecule has 0 amide bonds. The van der Waals surface area contributed by atoms with E-state index in [1.165, 1.54) is 0 Å². The highest BCUT2D eigenvalue weighted by atomic mass is 79.9. The second-order valence-electron chi connectivity index (χ2n) is 6.17. The van der Waals surface area contributed by atoms with Crippen LogP contribution in [-0.2, 0) is 0 Å². The average molecular weight is 377 g/mol. The Labute approximate surface area is 147 Å². The van der Waals surface area contributed by atoms with Gasteiger partial charge >= 0.3 is 5.09 Å². The van der Waals surface area contributed by atoms with Gasteiger partial charge in [-0.2, -0.15) is 0 Å². The first-order valence-corrected chi connectivity index (χ1v) is 8.64. The van der Waals surface area contributed by atoms with Crippen LogP contribution in [0.2, 0.25) is 0 Å². The molecule has 0 N–H and O–H groups in total. The first kappa shape index (κ1) is 17.2. The van der Waals surface area contributed by atoms with E-state index in [1.807, 2.05) is 36.4 Å². The topological polar surface area (TPSA) is 3.24 Å². The molecule has 0 saturated heterocycles. The van der Waals surface area contributed by atoms with Gasteiger partial charge in [0.2, 0.25) is 0 Å². The molecule has 2 aromatic carbocycles. The number of anilines is 1. The fraction of sp³-hybridized carbons (Fsp3) is 0.222. The minimum Gasteiger partial charge on any atom is -0.365 e. The van der Waals surface area contributed by atoms with Crippen molar-refractivity contribution in [3.8, 4) is 0 Å². The van der Waals surface area contributed by atoms with Gasteiger partial charge in [-0.05, 0) is 23.8 Å². The fourth-order valence-electron chi connectivity index (χ4n) is 2.30. The highest BCUT2D eigenvalue weighted by molar-refractivity contribution is 9.26. The van der Waals surface area contributed by atoms with Gasteiger partial charge in [0.05, 0.1) is 0 Å². The van der Waals surface area contributed by atoms with Crippen LogP contribution in [-0.4, -0.2) is 5.09 Å². The summed E-state index contributed by atoms with van der Waals surface area (Å²) in [7, 11) is 0. The van der Waals surface area contributed by atoms with E-state index in [9.17, 15) is 0 Å². The Balaban J connectivity index is 2.54. The number of nitrogens with zero attached hydrogens (tertiary/aromatic N) is 1. The largest absolute Gasteiger partial charge is 0.443 e. The predicted molar refractivity (Wildman–Crippen MR) is 103 cm³/mol. The molecule has 0 aromatic heterocycles. The van der Waals surface area contributed by atoms with Gasteiger partial charge in [-0.15, -0.1) is 27.2 Å². The van der Waals surface area contributed by atoms with Gasteiger partial charge in [-0.25, -0.2) is 0 Å².